The molecule has 0 aromatic heterocycles. The van der Waals surface area contributed by atoms with Gasteiger partial charge in [-0.05, 0) is 12.2 Å². The van der Waals surface area contributed by atoms with E-state index in [0.29, 0.717) is 10.1 Å². The summed E-state index contributed by atoms with van der Waals surface area (Å²) < 4.78 is 30.7. The Morgan fingerprint density at radius 1 is 1.38 bits per heavy atom. The summed E-state index contributed by atoms with van der Waals surface area (Å²) in [6.07, 6.45) is 8.11. The third kappa shape index (κ3) is 1.44. The molecule has 0 aromatic rings. The summed E-state index contributed by atoms with van der Waals surface area (Å²) in [5, 5.41) is 1.47. The fraction of sp³-hybridized carbons (Fsp3) is 0. The van der Waals surface area contributed by atoms with Gasteiger partial charge in [-0.15, -0.1) is 5.53 Å². The molecule has 0 fully saturated rings. The van der Waals surface area contributed by atoms with Crippen LogP contribution in [0.4, 0.5) is 0 Å². The summed E-state index contributed by atoms with van der Waals surface area (Å²) in [6, 6.07) is 0. The van der Waals surface area contributed by atoms with Gasteiger partial charge in [-0.25, -0.2) is 0 Å². The minimum atomic E-state index is -4.22. The molecule has 0 amide bonds. The predicted molar refractivity (Wildman–Crippen MR) is 44.7 cm³/mol. The van der Waals surface area contributed by atoms with E-state index in [1.807, 2.05) is 0 Å². The summed E-state index contributed by atoms with van der Waals surface area (Å²) in [5.74, 6) is 0. The molecule has 13 heavy (non-hydrogen) atoms. The zero-order valence-corrected chi connectivity index (χ0v) is 7.27. The Kier molecular flexibility index (Phi) is 1.65. The molecule has 0 atom stereocenters. The minimum absolute atomic E-state index is 0.627. The molecule has 2 aliphatic rings. The van der Waals surface area contributed by atoms with E-state index in [9.17, 15) is 8.42 Å². The van der Waals surface area contributed by atoms with E-state index in [1.54, 1.807) is 24.4 Å². The van der Waals surface area contributed by atoms with Crippen molar-refractivity contribution in [2.45, 2.75) is 0 Å². The minimum Gasteiger partial charge on any atom is -0.268 e. The molecule has 0 bridgehead atoms. The highest BCUT2D eigenvalue weighted by Crippen LogP contribution is 2.17. The van der Waals surface area contributed by atoms with E-state index < -0.39 is 10.3 Å². The maximum Gasteiger partial charge on any atom is 0.374 e. The number of rotatable bonds is 1. The van der Waals surface area contributed by atoms with E-state index in [0.717, 1.165) is 0 Å². The van der Waals surface area contributed by atoms with Gasteiger partial charge in [-0.3, -0.25) is 9.56 Å². The molecule has 2 N–H and O–H groups in total. The van der Waals surface area contributed by atoms with Crippen molar-refractivity contribution >= 4 is 10.3 Å². The van der Waals surface area contributed by atoms with Crippen LogP contribution in [0.25, 0.3) is 0 Å². The maximum absolute atomic E-state index is 10.7. The van der Waals surface area contributed by atoms with Crippen molar-refractivity contribution in [3.8, 4) is 0 Å². The number of fused-ring (bicyclic) bond motifs is 1. The molecule has 2 aliphatic heterocycles. The molecule has 0 saturated carbocycles. The first-order valence-electron chi connectivity index (χ1n) is 3.46. The zero-order valence-electron chi connectivity index (χ0n) is 6.45. The van der Waals surface area contributed by atoms with Gasteiger partial charge in [-0.1, -0.05) is 6.08 Å². The first kappa shape index (κ1) is 8.30. The third-order valence-electron chi connectivity index (χ3n) is 1.60. The van der Waals surface area contributed by atoms with Crippen LogP contribution in [0.2, 0.25) is 0 Å². The molecule has 0 radical (unpaired) electrons. The van der Waals surface area contributed by atoms with Crippen LogP contribution in [0.1, 0.15) is 0 Å². The van der Waals surface area contributed by atoms with Gasteiger partial charge < -0.3 is 0 Å². The van der Waals surface area contributed by atoms with Crippen molar-refractivity contribution in [1.29, 1.82) is 0 Å². The van der Waals surface area contributed by atoms with Gasteiger partial charge in [0.25, 0.3) is 0 Å². The monoisotopic (exact) mass is 201 g/mol. The van der Waals surface area contributed by atoms with Gasteiger partial charge in [0.1, 0.15) is 0 Å². The molecule has 6 nitrogen and oxygen atoms in total. The van der Waals surface area contributed by atoms with Crippen LogP contribution in [0, 0.1) is 0 Å². The third-order valence-corrected chi connectivity index (χ3v) is 2.28. The van der Waals surface area contributed by atoms with Crippen LogP contribution in [0.5, 0.6) is 0 Å². The van der Waals surface area contributed by atoms with Gasteiger partial charge in [0.2, 0.25) is 0 Å². The molecule has 0 aromatic carbocycles. The number of hydrogen-bond donors (Lipinski definition) is 2. The summed E-state index contributed by atoms with van der Waals surface area (Å²) in [7, 11) is -4.22. The molecule has 0 spiro atoms. The Morgan fingerprint density at radius 3 is 2.77 bits per heavy atom. The van der Waals surface area contributed by atoms with Crippen LogP contribution >= 0.6 is 0 Å². The fourth-order valence-electron chi connectivity index (χ4n) is 1.03. The van der Waals surface area contributed by atoms with Gasteiger partial charge >= 0.3 is 10.3 Å². The Labute approximate surface area is 75.3 Å². The van der Waals surface area contributed by atoms with Crippen LogP contribution in [-0.2, 0) is 10.3 Å². The molecule has 0 saturated heterocycles. The highest BCUT2D eigenvalue weighted by atomic mass is 32.2. The number of hydrazine groups is 2. The van der Waals surface area contributed by atoms with E-state index >= 15 is 0 Å². The summed E-state index contributed by atoms with van der Waals surface area (Å²) in [6.45, 7) is 0. The second-order valence-electron chi connectivity index (χ2n) is 2.50. The highest BCUT2D eigenvalue weighted by Gasteiger charge is 2.25. The normalized spacial score (nSPS) is 20.5. The van der Waals surface area contributed by atoms with Crippen LogP contribution in [0.15, 0.2) is 36.3 Å². The molecule has 0 aliphatic carbocycles. The summed E-state index contributed by atoms with van der Waals surface area (Å²) in [5.41, 5.74) is 3.07. The van der Waals surface area contributed by atoms with Crippen molar-refractivity contribution in [3.63, 3.8) is 0 Å². The van der Waals surface area contributed by atoms with Gasteiger partial charge in [0.15, 0.2) is 0 Å². The lowest BCUT2D eigenvalue weighted by Crippen LogP contribution is -2.40. The maximum atomic E-state index is 10.7. The van der Waals surface area contributed by atoms with E-state index in [4.69, 9.17) is 4.55 Å². The number of nitrogens with zero attached hydrogens (tertiary/aromatic N) is 2. The predicted octanol–water partition coefficient (Wildman–Crippen LogP) is -0.249. The Bertz CT molecular complexity index is 409. The lowest BCUT2D eigenvalue weighted by molar-refractivity contribution is 0.239. The molecule has 0 unspecified atom stereocenters. The fourth-order valence-corrected chi connectivity index (χ4v) is 1.46. The molecule has 2 heterocycles. The quantitative estimate of drug-likeness (QED) is 0.572. The van der Waals surface area contributed by atoms with Crippen LogP contribution < -0.4 is 5.53 Å². The Balaban J connectivity index is 2.31. The standard InChI is InChI=1S/C6H7N3O3S/c10-13(11,12)9-5-6-3-1-2-4-8(6)7-9/h1-5,7H,(H,10,11,12). The molecular formula is C6H7N3O3S. The largest absolute Gasteiger partial charge is 0.374 e. The van der Waals surface area contributed by atoms with Crippen LogP contribution in [0.3, 0.4) is 0 Å². The van der Waals surface area contributed by atoms with Crippen molar-refractivity contribution in [3.05, 3.63) is 36.3 Å². The van der Waals surface area contributed by atoms with Crippen molar-refractivity contribution in [2.75, 3.05) is 0 Å². The highest BCUT2D eigenvalue weighted by molar-refractivity contribution is 7.83. The molecule has 70 valence electrons. The van der Waals surface area contributed by atoms with Crippen LogP contribution in [-0.4, -0.2) is 22.4 Å². The number of nitrogens with one attached hydrogen (secondary N) is 1. The van der Waals surface area contributed by atoms with Crippen molar-refractivity contribution < 1.29 is 13.0 Å². The lowest BCUT2D eigenvalue weighted by atomic mass is 10.3. The Morgan fingerprint density at radius 2 is 2.15 bits per heavy atom. The molecule has 7 heteroatoms. The summed E-state index contributed by atoms with van der Waals surface area (Å²) >= 11 is 0. The number of hydrogen-bond acceptors (Lipinski definition) is 4. The van der Waals surface area contributed by atoms with Crippen molar-refractivity contribution in [1.82, 2.24) is 15.0 Å². The van der Waals surface area contributed by atoms with Crippen molar-refractivity contribution in [2.24, 2.45) is 0 Å². The first-order valence-corrected chi connectivity index (χ1v) is 4.86. The van der Waals surface area contributed by atoms with E-state index in [1.165, 1.54) is 11.2 Å². The summed E-state index contributed by atoms with van der Waals surface area (Å²) in [4.78, 5) is 0. The molecule has 2 rings (SSSR count). The van der Waals surface area contributed by atoms with Gasteiger partial charge in [0, 0.05) is 6.20 Å². The second kappa shape index (κ2) is 2.59. The zero-order chi connectivity index (χ0) is 9.47. The topological polar surface area (TPSA) is 72.9 Å². The first-order chi connectivity index (χ1) is 6.07. The number of allylic oxidation sites excluding steroid dienone is 3. The second-order valence-corrected chi connectivity index (χ2v) is 3.79. The van der Waals surface area contributed by atoms with E-state index in [-0.39, 0.29) is 0 Å². The SMILES string of the molecule is O=S(=O)(O)N1C=C2C=CC=CN2N1. The smallest absolute Gasteiger partial charge is 0.268 e. The molecular weight excluding hydrogens is 194 g/mol. The Hall–Kier alpha value is -1.31. The van der Waals surface area contributed by atoms with Gasteiger partial charge in [0.05, 0.1) is 11.9 Å². The average Bonchev–Trinajstić information content (AvgIpc) is 2.45. The average molecular weight is 201 g/mol. The van der Waals surface area contributed by atoms with Gasteiger partial charge in [-0.2, -0.15) is 12.8 Å². The lowest BCUT2D eigenvalue weighted by Gasteiger charge is -2.19. The van der Waals surface area contributed by atoms with E-state index in [2.05, 4.69) is 5.53 Å².